The van der Waals surface area contributed by atoms with Gasteiger partial charge in [-0.15, -0.1) is 24.0 Å². The fraction of sp³-hybridized carbons (Fsp3) is 0.941. The van der Waals surface area contributed by atoms with Crippen LogP contribution in [0, 0.1) is 0 Å². The third-order valence-corrected chi connectivity index (χ3v) is 4.98. The maximum Gasteiger partial charge on any atom is 0.251 e. The van der Waals surface area contributed by atoms with Crippen molar-refractivity contribution in [3.8, 4) is 0 Å². The number of aliphatic hydroxyl groups is 1. The lowest BCUT2D eigenvalue weighted by molar-refractivity contribution is 0.0131. The predicted molar refractivity (Wildman–Crippen MR) is 108 cm³/mol. The Kier molecular flexibility index (Phi) is 10.5. The van der Waals surface area contributed by atoms with Crippen LogP contribution in [0.4, 0.5) is 8.78 Å². The van der Waals surface area contributed by atoms with Gasteiger partial charge in [-0.05, 0) is 32.6 Å². The molecule has 0 aromatic heterocycles. The number of halogens is 3. The molecule has 0 radical (unpaired) electrons. The monoisotopic (exact) mass is 474 g/mol. The van der Waals surface area contributed by atoms with Crippen molar-refractivity contribution in [1.82, 2.24) is 15.5 Å². The Bertz CT molecular complexity index is 398. The van der Waals surface area contributed by atoms with E-state index in [9.17, 15) is 13.9 Å². The highest BCUT2D eigenvalue weighted by Gasteiger charge is 2.29. The highest BCUT2D eigenvalue weighted by molar-refractivity contribution is 14.0. The molecule has 0 unspecified atom stereocenters. The van der Waals surface area contributed by atoms with E-state index in [1.54, 1.807) is 0 Å². The quantitative estimate of drug-likeness (QED) is 0.315. The van der Waals surface area contributed by atoms with Crippen LogP contribution in [0.15, 0.2) is 4.99 Å². The minimum atomic E-state index is -2.26. The van der Waals surface area contributed by atoms with Gasteiger partial charge in [-0.2, -0.15) is 0 Å². The van der Waals surface area contributed by atoms with Crippen molar-refractivity contribution < 1.29 is 13.9 Å². The molecule has 2 fully saturated rings. The second-order valence-corrected chi connectivity index (χ2v) is 7.09. The van der Waals surface area contributed by atoms with Crippen LogP contribution < -0.4 is 10.6 Å². The lowest BCUT2D eigenvalue weighted by Gasteiger charge is -2.33. The van der Waals surface area contributed by atoms with Crippen LogP contribution in [0.5, 0.6) is 0 Å². The molecule has 0 aromatic carbocycles. The van der Waals surface area contributed by atoms with Gasteiger partial charge in [0.15, 0.2) is 5.96 Å². The molecule has 0 aromatic rings. The zero-order chi connectivity index (χ0) is 17.4. The molecule has 0 amide bonds. The minimum Gasteiger partial charge on any atom is -0.388 e. The zero-order valence-corrected chi connectivity index (χ0v) is 17.5. The van der Waals surface area contributed by atoms with Gasteiger partial charge in [-0.1, -0.05) is 19.3 Å². The molecule has 25 heavy (non-hydrogen) atoms. The van der Waals surface area contributed by atoms with Crippen LogP contribution in [0.2, 0.25) is 0 Å². The summed E-state index contributed by atoms with van der Waals surface area (Å²) in [7, 11) is 0. The Morgan fingerprint density at radius 2 is 1.88 bits per heavy atom. The Balaban J connectivity index is 0.00000312. The van der Waals surface area contributed by atoms with E-state index in [2.05, 4.69) is 15.6 Å². The van der Waals surface area contributed by atoms with Crippen LogP contribution in [-0.4, -0.2) is 66.8 Å². The molecule has 0 spiro atoms. The van der Waals surface area contributed by atoms with Crippen molar-refractivity contribution >= 4 is 29.9 Å². The molecule has 3 N–H and O–H groups in total. The van der Waals surface area contributed by atoms with Crippen molar-refractivity contribution in [2.24, 2.45) is 4.99 Å². The van der Waals surface area contributed by atoms with Crippen molar-refractivity contribution in [2.45, 2.75) is 69.9 Å². The van der Waals surface area contributed by atoms with Gasteiger partial charge in [0.05, 0.1) is 18.7 Å². The fourth-order valence-electron chi connectivity index (χ4n) is 3.56. The number of aliphatic imine (C=N–C) groups is 1. The van der Waals surface area contributed by atoms with Crippen LogP contribution in [-0.2, 0) is 0 Å². The smallest absolute Gasteiger partial charge is 0.251 e. The Labute approximate surface area is 167 Å². The number of nitrogens with one attached hydrogen (secondary N) is 2. The summed E-state index contributed by atoms with van der Waals surface area (Å²) in [6.07, 6.45) is 4.38. The molecular weight excluding hydrogens is 441 g/mol. The first-order valence-corrected chi connectivity index (χ1v) is 9.28. The summed E-state index contributed by atoms with van der Waals surface area (Å²) in [5.41, 5.74) is -0.665. The number of hydrogen-bond acceptors (Lipinski definition) is 3. The Hall–Kier alpha value is -0.220. The molecule has 1 saturated heterocycles. The zero-order valence-electron chi connectivity index (χ0n) is 15.1. The molecule has 5 nitrogen and oxygen atoms in total. The van der Waals surface area contributed by atoms with E-state index in [0.29, 0.717) is 19.6 Å². The number of alkyl halides is 2. The van der Waals surface area contributed by atoms with E-state index < -0.39 is 12.0 Å². The summed E-state index contributed by atoms with van der Waals surface area (Å²) < 4.78 is 24.9. The molecule has 0 bridgehead atoms. The maximum absolute atomic E-state index is 12.4. The van der Waals surface area contributed by atoms with E-state index >= 15 is 0 Å². The SMILES string of the molecule is CCNC(=NCC1(O)CCCCC1)NC1CCN(CC(F)F)CC1.I. The summed E-state index contributed by atoms with van der Waals surface area (Å²) in [6.45, 7) is 4.43. The second-order valence-electron chi connectivity index (χ2n) is 7.09. The van der Waals surface area contributed by atoms with E-state index in [1.807, 2.05) is 11.8 Å². The topological polar surface area (TPSA) is 59.9 Å². The van der Waals surface area contributed by atoms with Crippen LogP contribution in [0.25, 0.3) is 0 Å². The summed E-state index contributed by atoms with van der Waals surface area (Å²) in [6, 6.07) is 0.248. The van der Waals surface area contributed by atoms with Gasteiger partial charge in [0, 0.05) is 25.7 Å². The average molecular weight is 474 g/mol. The molecule has 2 rings (SSSR count). The van der Waals surface area contributed by atoms with Gasteiger partial charge >= 0.3 is 0 Å². The van der Waals surface area contributed by atoms with Gasteiger partial charge in [0.25, 0.3) is 6.43 Å². The number of rotatable bonds is 6. The van der Waals surface area contributed by atoms with Crippen molar-refractivity contribution in [3.05, 3.63) is 0 Å². The summed E-state index contributed by atoms with van der Waals surface area (Å²) in [5, 5.41) is 17.2. The standard InChI is InChI=1S/C17H32F2N4O.HI/c1-2-20-16(21-13-17(24)8-4-3-5-9-17)22-14-6-10-23(11-7-14)12-15(18)19;/h14-15,24H,2-13H2,1H3,(H2,20,21,22);1H. The molecular formula is C17H33F2IN4O. The number of piperidine rings is 1. The average Bonchev–Trinajstić information content (AvgIpc) is 2.55. The third kappa shape index (κ3) is 8.34. The summed E-state index contributed by atoms with van der Waals surface area (Å²) in [5.74, 6) is 0.726. The Morgan fingerprint density at radius 3 is 2.44 bits per heavy atom. The summed E-state index contributed by atoms with van der Waals surface area (Å²) in [4.78, 5) is 6.40. The minimum absolute atomic E-state index is 0. The van der Waals surface area contributed by atoms with Gasteiger partial charge in [-0.25, -0.2) is 8.78 Å². The second kappa shape index (κ2) is 11.5. The number of guanidine groups is 1. The molecule has 0 atom stereocenters. The van der Waals surface area contributed by atoms with E-state index in [1.165, 1.54) is 6.42 Å². The molecule has 1 aliphatic heterocycles. The summed E-state index contributed by atoms with van der Waals surface area (Å²) >= 11 is 0. The van der Waals surface area contributed by atoms with Gasteiger partial charge < -0.3 is 15.7 Å². The van der Waals surface area contributed by atoms with E-state index in [-0.39, 0.29) is 36.6 Å². The van der Waals surface area contributed by atoms with Gasteiger partial charge in [0.1, 0.15) is 0 Å². The van der Waals surface area contributed by atoms with Crippen LogP contribution in [0.1, 0.15) is 51.9 Å². The number of nitrogens with zero attached hydrogens (tertiary/aromatic N) is 2. The third-order valence-electron chi connectivity index (χ3n) is 4.98. The predicted octanol–water partition coefficient (Wildman–Crippen LogP) is 2.58. The van der Waals surface area contributed by atoms with Gasteiger partial charge in [0.2, 0.25) is 0 Å². The molecule has 1 heterocycles. The van der Waals surface area contributed by atoms with Crippen LogP contribution >= 0.6 is 24.0 Å². The van der Waals surface area contributed by atoms with Crippen molar-refractivity contribution in [1.29, 1.82) is 0 Å². The van der Waals surface area contributed by atoms with E-state index in [0.717, 1.165) is 51.0 Å². The largest absolute Gasteiger partial charge is 0.388 e. The fourth-order valence-corrected chi connectivity index (χ4v) is 3.56. The van der Waals surface area contributed by atoms with E-state index in [4.69, 9.17) is 0 Å². The highest BCUT2D eigenvalue weighted by atomic mass is 127. The first-order chi connectivity index (χ1) is 11.5. The highest BCUT2D eigenvalue weighted by Crippen LogP contribution is 2.28. The number of hydrogen-bond donors (Lipinski definition) is 3. The van der Waals surface area contributed by atoms with Crippen molar-refractivity contribution in [2.75, 3.05) is 32.7 Å². The van der Waals surface area contributed by atoms with Crippen molar-refractivity contribution in [3.63, 3.8) is 0 Å². The Morgan fingerprint density at radius 1 is 1.24 bits per heavy atom. The first kappa shape index (κ1) is 22.8. The molecule has 2 aliphatic rings. The van der Waals surface area contributed by atoms with Gasteiger partial charge in [-0.3, -0.25) is 9.89 Å². The molecule has 1 aliphatic carbocycles. The normalized spacial score (nSPS) is 22.5. The van der Waals surface area contributed by atoms with Crippen LogP contribution in [0.3, 0.4) is 0 Å². The lowest BCUT2D eigenvalue weighted by Crippen LogP contribution is -2.49. The molecule has 148 valence electrons. The first-order valence-electron chi connectivity index (χ1n) is 9.28. The maximum atomic E-state index is 12.4. The molecule has 8 heteroatoms. The number of likely N-dealkylation sites (tertiary alicyclic amines) is 1. The lowest BCUT2D eigenvalue weighted by atomic mass is 9.85. The molecule has 1 saturated carbocycles.